The summed E-state index contributed by atoms with van der Waals surface area (Å²) in [5.74, 6) is -0.985. The summed E-state index contributed by atoms with van der Waals surface area (Å²) in [5.41, 5.74) is 0. The second-order valence-corrected chi connectivity index (χ2v) is 20.6. The van der Waals surface area contributed by atoms with E-state index >= 15 is 0 Å². The number of hydrogen-bond acceptors (Lipinski definition) is 6. The average Bonchev–Trinajstić information content (AvgIpc) is 3.40. The van der Waals surface area contributed by atoms with Gasteiger partial charge in [-0.3, -0.25) is 14.4 Å². The van der Waals surface area contributed by atoms with Gasteiger partial charge in [-0.15, -0.1) is 0 Å². The van der Waals surface area contributed by atoms with Crippen molar-refractivity contribution in [3.05, 3.63) is 97.2 Å². The van der Waals surface area contributed by atoms with E-state index < -0.39 is 6.10 Å². The summed E-state index contributed by atoms with van der Waals surface area (Å²) in [4.78, 5) is 38.2. The minimum atomic E-state index is -0.811. The van der Waals surface area contributed by atoms with Crippen LogP contribution in [0.3, 0.4) is 0 Å². The topological polar surface area (TPSA) is 78.9 Å². The maximum Gasteiger partial charge on any atom is 0.306 e. The molecule has 1 atom stereocenters. The Morgan fingerprint density at radius 2 is 0.554 bits per heavy atom. The first-order valence-electron chi connectivity index (χ1n) is 31.2. The van der Waals surface area contributed by atoms with Crippen molar-refractivity contribution in [1.82, 2.24) is 0 Å². The Kier molecular flexibility index (Phi) is 58.8. The van der Waals surface area contributed by atoms with E-state index in [0.29, 0.717) is 19.3 Å². The van der Waals surface area contributed by atoms with Gasteiger partial charge in [0.05, 0.1) is 0 Å². The quantitative estimate of drug-likeness (QED) is 0.0261. The molecule has 0 aliphatic heterocycles. The van der Waals surface area contributed by atoms with Gasteiger partial charge in [-0.05, 0) is 83.5 Å². The van der Waals surface area contributed by atoms with Gasteiger partial charge in [0.15, 0.2) is 6.10 Å². The Morgan fingerprint density at radius 1 is 0.284 bits per heavy atom. The molecular formula is C68H116O6. The van der Waals surface area contributed by atoms with Gasteiger partial charge < -0.3 is 14.2 Å². The van der Waals surface area contributed by atoms with Crippen LogP contribution in [0.2, 0.25) is 0 Å². The van der Waals surface area contributed by atoms with E-state index in [4.69, 9.17) is 14.2 Å². The van der Waals surface area contributed by atoms with Gasteiger partial charge in [-0.2, -0.15) is 0 Å². The fourth-order valence-electron chi connectivity index (χ4n) is 8.74. The number of hydrogen-bond donors (Lipinski definition) is 0. The van der Waals surface area contributed by atoms with Crippen molar-refractivity contribution in [2.75, 3.05) is 13.2 Å². The van der Waals surface area contributed by atoms with E-state index in [-0.39, 0.29) is 37.5 Å². The van der Waals surface area contributed by atoms with Crippen LogP contribution in [0, 0.1) is 0 Å². The maximum atomic E-state index is 12.9. The molecule has 0 N–H and O–H groups in total. The smallest absolute Gasteiger partial charge is 0.306 e. The minimum Gasteiger partial charge on any atom is -0.462 e. The Balaban J connectivity index is 4.37. The number of carbonyl (C=O) groups excluding carboxylic acids is 3. The van der Waals surface area contributed by atoms with Crippen LogP contribution in [0.1, 0.15) is 297 Å². The number of carbonyl (C=O) groups is 3. The van der Waals surface area contributed by atoms with Crippen molar-refractivity contribution in [2.45, 2.75) is 303 Å². The van der Waals surface area contributed by atoms with Gasteiger partial charge in [-0.1, -0.05) is 291 Å². The Morgan fingerprint density at radius 3 is 0.905 bits per heavy atom. The summed E-state index contributed by atoms with van der Waals surface area (Å²) in [6.07, 6.45) is 82.9. The Bertz CT molecular complexity index is 1460. The second-order valence-electron chi connectivity index (χ2n) is 20.6. The van der Waals surface area contributed by atoms with Gasteiger partial charge in [0.25, 0.3) is 0 Å². The molecule has 6 heteroatoms. The number of rotatable bonds is 56. The van der Waals surface area contributed by atoms with Crippen LogP contribution in [0.4, 0.5) is 0 Å². The molecule has 424 valence electrons. The molecule has 0 aliphatic carbocycles. The summed E-state index contributed by atoms with van der Waals surface area (Å²) in [7, 11) is 0. The molecule has 0 radical (unpaired) electrons. The number of allylic oxidation sites excluding steroid dienone is 16. The van der Waals surface area contributed by atoms with Crippen LogP contribution >= 0.6 is 0 Å². The van der Waals surface area contributed by atoms with Crippen molar-refractivity contribution in [2.24, 2.45) is 0 Å². The fourth-order valence-corrected chi connectivity index (χ4v) is 8.74. The van der Waals surface area contributed by atoms with Gasteiger partial charge >= 0.3 is 17.9 Å². The van der Waals surface area contributed by atoms with Crippen molar-refractivity contribution >= 4 is 17.9 Å². The summed E-state index contributed by atoms with van der Waals surface area (Å²) >= 11 is 0. The summed E-state index contributed by atoms with van der Waals surface area (Å²) in [6.45, 7) is 6.37. The van der Waals surface area contributed by atoms with Gasteiger partial charge in [-0.25, -0.2) is 0 Å². The van der Waals surface area contributed by atoms with E-state index in [1.807, 2.05) is 6.08 Å². The molecule has 74 heavy (non-hydrogen) atoms. The van der Waals surface area contributed by atoms with Crippen LogP contribution in [0.15, 0.2) is 97.2 Å². The normalized spacial score (nSPS) is 12.7. The monoisotopic (exact) mass is 1030 g/mol. The van der Waals surface area contributed by atoms with E-state index in [2.05, 4.69) is 112 Å². The second kappa shape index (κ2) is 61.9. The van der Waals surface area contributed by atoms with E-state index in [9.17, 15) is 14.4 Å². The summed E-state index contributed by atoms with van der Waals surface area (Å²) in [5, 5.41) is 0. The van der Waals surface area contributed by atoms with Crippen molar-refractivity contribution < 1.29 is 28.6 Å². The molecule has 0 bridgehead atoms. The summed E-state index contributed by atoms with van der Waals surface area (Å²) in [6, 6.07) is 0. The summed E-state index contributed by atoms with van der Waals surface area (Å²) < 4.78 is 16.8. The predicted octanol–water partition coefficient (Wildman–Crippen LogP) is 21.3. The van der Waals surface area contributed by atoms with Crippen molar-refractivity contribution in [1.29, 1.82) is 0 Å². The van der Waals surface area contributed by atoms with Gasteiger partial charge in [0, 0.05) is 19.3 Å². The SMILES string of the molecule is CC/C=C\C/C=C\C/C=C\C/C=C\CCCCCCCCCCC(=O)OC(COC(=O)CC/C=C\C/C=C\C/C=C\C/C=C\CC)COC(=O)CCCCCCCCCCCCCCCCCCCCCCCC. The molecule has 0 rings (SSSR count). The van der Waals surface area contributed by atoms with E-state index in [0.717, 1.165) is 96.3 Å². The molecule has 0 aromatic carbocycles. The van der Waals surface area contributed by atoms with Crippen molar-refractivity contribution in [3.8, 4) is 0 Å². The lowest BCUT2D eigenvalue weighted by Gasteiger charge is -2.18. The molecule has 0 aromatic heterocycles. The third-order valence-corrected chi connectivity index (χ3v) is 13.3. The highest BCUT2D eigenvalue weighted by atomic mass is 16.6. The van der Waals surface area contributed by atoms with Crippen LogP contribution in [-0.2, 0) is 28.6 Å². The highest BCUT2D eigenvalue weighted by Gasteiger charge is 2.19. The molecule has 0 spiro atoms. The predicted molar refractivity (Wildman–Crippen MR) is 320 cm³/mol. The maximum absolute atomic E-state index is 12.9. The molecule has 0 saturated carbocycles. The molecular weight excluding hydrogens is 913 g/mol. The minimum absolute atomic E-state index is 0.101. The average molecular weight is 1030 g/mol. The zero-order valence-electron chi connectivity index (χ0n) is 48.6. The van der Waals surface area contributed by atoms with Crippen LogP contribution in [-0.4, -0.2) is 37.2 Å². The zero-order chi connectivity index (χ0) is 53.6. The number of unbranched alkanes of at least 4 members (excludes halogenated alkanes) is 29. The van der Waals surface area contributed by atoms with Crippen LogP contribution < -0.4 is 0 Å². The van der Waals surface area contributed by atoms with Crippen LogP contribution in [0.5, 0.6) is 0 Å². The molecule has 0 saturated heterocycles. The zero-order valence-corrected chi connectivity index (χ0v) is 48.6. The first-order valence-corrected chi connectivity index (χ1v) is 31.2. The third kappa shape index (κ3) is 59.2. The molecule has 1 unspecified atom stereocenters. The first kappa shape index (κ1) is 70.3. The number of esters is 3. The van der Waals surface area contributed by atoms with Crippen molar-refractivity contribution in [3.63, 3.8) is 0 Å². The van der Waals surface area contributed by atoms with E-state index in [1.165, 1.54) is 154 Å². The molecule has 0 aliphatic rings. The molecule has 0 amide bonds. The lowest BCUT2D eigenvalue weighted by atomic mass is 10.0. The number of ether oxygens (including phenoxy) is 3. The Labute approximate surface area is 457 Å². The highest BCUT2D eigenvalue weighted by Crippen LogP contribution is 2.17. The molecule has 0 heterocycles. The lowest BCUT2D eigenvalue weighted by Crippen LogP contribution is -2.30. The fraction of sp³-hybridized carbons (Fsp3) is 0.721. The molecule has 0 aromatic rings. The lowest BCUT2D eigenvalue weighted by molar-refractivity contribution is -0.166. The third-order valence-electron chi connectivity index (χ3n) is 13.3. The molecule has 0 fully saturated rings. The standard InChI is InChI=1S/C68H116O6/c1-4-7-10-13-16-19-22-25-27-29-31-33-35-36-38-40-43-46-49-52-55-58-61-67(70)73-64-65(63-72-66(69)60-57-54-51-48-45-42-24-21-18-15-12-9-6-3)74-68(71)62-59-56-53-50-47-44-41-39-37-34-32-30-28-26-23-20-17-14-11-8-5-2/h8-9,11-12,17-18,20-21,26,28,32,34,42,45,51,54,65H,4-7,10,13-16,19,22-25,27,29-31,33,35-41,43-44,46-50,52-53,55-64H2,1-3H3/b11-8-,12-9-,20-17-,21-18-,28-26-,34-32-,45-42-,54-51-. The van der Waals surface area contributed by atoms with E-state index in [1.54, 1.807) is 0 Å². The largest absolute Gasteiger partial charge is 0.462 e. The van der Waals surface area contributed by atoms with Gasteiger partial charge in [0.1, 0.15) is 13.2 Å². The molecule has 6 nitrogen and oxygen atoms in total. The van der Waals surface area contributed by atoms with Crippen LogP contribution in [0.25, 0.3) is 0 Å². The first-order chi connectivity index (χ1) is 36.5. The highest BCUT2D eigenvalue weighted by molar-refractivity contribution is 5.71. The Hall–Kier alpha value is -3.67. The van der Waals surface area contributed by atoms with Gasteiger partial charge in [0.2, 0.25) is 0 Å².